The number of benzene rings is 2. The highest BCUT2D eigenvalue weighted by molar-refractivity contribution is 6.32. The van der Waals surface area contributed by atoms with E-state index in [1.807, 2.05) is 0 Å². The molecule has 0 bridgehead atoms. The van der Waals surface area contributed by atoms with Gasteiger partial charge in [0.05, 0.1) is 6.61 Å². The summed E-state index contributed by atoms with van der Waals surface area (Å²) in [7, 11) is 0. The van der Waals surface area contributed by atoms with Crippen LogP contribution in [-0.4, -0.2) is 25.8 Å². The van der Waals surface area contributed by atoms with E-state index in [4.69, 9.17) is 21.1 Å². The Labute approximate surface area is 142 Å². The maximum absolute atomic E-state index is 13.6. The van der Waals surface area contributed by atoms with E-state index in [9.17, 15) is 13.2 Å². The quantitative estimate of drug-likeness (QED) is 0.843. The Hall–Kier alpha value is -1.76. The molecule has 1 aliphatic rings. The summed E-state index contributed by atoms with van der Waals surface area (Å²) in [6.07, 6.45) is -1.23. The van der Waals surface area contributed by atoms with Gasteiger partial charge in [0.25, 0.3) is 0 Å². The van der Waals surface area contributed by atoms with Crippen molar-refractivity contribution < 1.29 is 22.6 Å². The predicted molar refractivity (Wildman–Crippen MR) is 83.7 cm³/mol. The molecular formula is C17H15ClF3NO2. The van der Waals surface area contributed by atoms with Gasteiger partial charge in [-0.1, -0.05) is 23.7 Å². The van der Waals surface area contributed by atoms with Crippen LogP contribution in [0.1, 0.15) is 11.7 Å². The fourth-order valence-electron chi connectivity index (χ4n) is 2.58. The summed E-state index contributed by atoms with van der Waals surface area (Å²) in [6.45, 7) is 1.59. The molecule has 0 radical (unpaired) electrons. The molecule has 3 nitrogen and oxygen atoms in total. The van der Waals surface area contributed by atoms with Gasteiger partial charge >= 0.3 is 0 Å². The molecule has 0 spiro atoms. The zero-order chi connectivity index (χ0) is 17.1. The van der Waals surface area contributed by atoms with E-state index in [-0.39, 0.29) is 10.8 Å². The van der Waals surface area contributed by atoms with Crippen LogP contribution in [-0.2, 0) is 4.74 Å². The Kier molecular flexibility index (Phi) is 5.28. The molecule has 1 fully saturated rings. The van der Waals surface area contributed by atoms with Gasteiger partial charge in [0.15, 0.2) is 6.10 Å². The van der Waals surface area contributed by atoms with E-state index in [0.717, 1.165) is 6.07 Å². The Morgan fingerprint density at radius 3 is 2.71 bits per heavy atom. The Morgan fingerprint density at radius 2 is 2.00 bits per heavy atom. The van der Waals surface area contributed by atoms with Crippen LogP contribution >= 0.6 is 11.6 Å². The van der Waals surface area contributed by atoms with E-state index >= 15 is 0 Å². The standard InChI is InChI=1S/C17H15ClF3NO2/c18-16-13(21)7-12(20)8-14(16)24-17(15-9-22-4-5-23-15)10-2-1-3-11(19)6-10/h1-3,6-8,15,17,22H,4-5,9H2/t15-,17?/m0/s1. The van der Waals surface area contributed by atoms with Crippen LogP contribution < -0.4 is 10.1 Å². The zero-order valence-corrected chi connectivity index (χ0v) is 13.3. The molecule has 0 aromatic heterocycles. The molecule has 3 rings (SSSR count). The van der Waals surface area contributed by atoms with Crippen molar-refractivity contribution in [3.8, 4) is 5.75 Å². The molecule has 1 saturated heterocycles. The topological polar surface area (TPSA) is 30.5 Å². The number of hydrogen-bond acceptors (Lipinski definition) is 3. The highest BCUT2D eigenvalue weighted by Crippen LogP contribution is 2.34. The SMILES string of the molecule is Fc1cccc(C(Oc2cc(F)cc(F)c2Cl)[C@@H]2CNCCO2)c1. The monoisotopic (exact) mass is 357 g/mol. The minimum atomic E-state index is -0.924. The minimum Gasteiger partial charge on any atom is -0.481 e. The normalized spacial score (nSPS) is 19.1. The summed E-state index contributed by atoms with van der Waals surface area (Å²) in [5.74, 6) is -2.33. The van der Waals surface area contributed by atoms with Crippen molar-refractivity contribution in [3.63, 3.8) is 0 Å². The Morgan fingerprint density at radius 1 is 1.17 bits per heavy atom. The molecule has 2 aromatic carbocycles. The first-order valence-corrected chi connectivity index (χ1v) is 7.81. The molecule has 1 heterocycles. The maximum Gasteiger partial charge on any atom is 0.151 e. The van der Waals surface area contributed by atoms with Gasteiger partial charge in [0, 0.05) is 25.2 Å². The van der Waals surface area contributed by atoms with E-state index < -0.39 is 29.7 Å². The van der Waals surface area contributed by atoms with Crippen LogP contribution in [0, 0.1) is 17.5 Å². The van der Waals surface area contributed by atoms with E-state index in [1.165, 1.54) is 18.2 Å². The highest BCUT2D eigenvalue weighted by Gasteiger charge is 2.29. The van der Waals surface area contributed by atoms with Crippen molar-refractivity contribution in [1.82, 2.24) is 5.32 Å². The van der Waals surface area contributed by atoms with Gasteiger partial charge in [0.2, 0.25) is 0 Å². The maximum atomic E-state index is 13.6. The van der Waals surface area contributed by atoms with Crippen LogP contribution in [0.3, 0.4) is 0 Å². The van der Waals surface area contributed by atoms with Crippen molar-refractivity contribution in [3.05, 3.63) is 64.4 Å². The van der Waals surface area contributed by atoms with Gasteiger partial charge in [-0.15, -0.1) is 0 Å². The largest absolute Gasteiger partial charge is 0.481 e. The number of ether oxygens (including phenoxy) is 2. The molecule has 2 aromatic rings. The molecule has 24 heavy (non-hydrogen) atoms. The van der Waals surface area contributed by atoms with E-state index in [1.54, 1.807) is 6.07 Å². The lowest BCUT2D eigenvalue weighted by Crippen LogP contribution is -2.43. The number of morpholine rings is 1. The Balaban J connectivity index is 1.95. The third kappa shape index (κ3) is 3.83. The van der Waals surface area contributed by atoms with Crippen LogP contribution in [0.5, 0.6) is 5.75 Å². The predicted octanol–water partition coefficient (Wildman–Crippen LogP) is 3.87. The number of rotatable bonds is 4. The van der Waals surface area contributed by atoms with Gasteiger partial charge in [0.1, 0.15) is 34.3 Å². The van der Waals surface area contributed by atoms with Crippen molar-refractivity contribution in [2.24, 2.45) is 0 Å². The van der Waals surface area contributed by atoms with Crippen molar-refractivity contribution in [2.75, 3.05) is 19.7 Å². The molecular weight excluding hydrogens is 343 g/mol. The van der Waals surface area contributed by atoms with Crippen LogP contribution in [0.25, 0.3) is 0 Å². The van der Waals surface area contributed by atoms with Crippen molar-refractivity contribution in [2.45, 2.75) is 12.2 Å². The van der Waals surface area contributed by atoms with Crippen molar-refractivity contribution >= 4 is 11.6 Å². The summed E-state index contributed by atoms with van der Waals surface area (Å²) in [6, 6.07) is 7.46. The summed E-state index contributed by atoms with van der Waals surface area (Å²) >= 11 is 5.87. The lowest BCUT2D eigenvalue weighted by atomic mass is 10.0. The molecule has 1 unspecified atom stereocenters. The summed E-state index contributed by atoms with van der Waals surface area (Å²) in [5, 5.41) is 2.81. The van der Waals surface area contributed by atoms with Gasteiger partial charge in [-0.3, -0.25) is 0 Å². The number of nitrogens with one attached hydrogen (secondary N) is 1. The number of halogens is 4. The van der Waals surface area contributed by atoms with E-state index in [2.05, 4.69) is 5.32 Å². The van der Waals surface area contributed by atoms with Gasteiger partial charge in [-0.05, 0) is 17.7 Å². The first kappa shape index (κ1) is 17.1. The average molecular weight is 358 g/mol. The summed E-state index contributed by atoms with van der Waals surface area (Å²) in [4.78, 5) is 0. The highest BCUT2D eigenvalue weighted by atomic mass is 35.5. The second kappa shape index (κ2) is 7.42. The van der Waals surface area contributed by atoms with Gasteiger partial charge in [-0.25, -0.2) is 13.2 Å². The molecule has 0 amide bonds. The fourth-order valence-corrected chi connectivity index (χ4v) is 2.73. The summed E-state index contributed by atoms with van der Waals surface area (Å²) in [5.41, 5.74) is 0.490. The molecule has 1 aliphatic heterocycles. The Bertz CT molecular complexity index is 723. The molecule has 0 aliphatic carbocycles. The van der Waals surface area contributed by atoms with Crippen LogP contribution in [0.2, 0.25) is 5.02 Å². The lowest BCUT2D eigenvalue weighted by molar-refractivity contribution is -0.0434. The molecule has 128 valence electrons. The first-order chi connectivity index (χ1) is 11.5. The van der Waals surface area contributed by atoms with Crippen molar-refractivity contribution in [1.29, 1.82) is 0 Å². The molecule has 2 atom stereocenters. The van der Waals surface area contributed by atoms with Gasteiger partial charge in [-0.2, -0.15) is 0 Å². The van der Waals surface area contributed by atoms with Gasteiger partial charge < -0.3 is 14.8 Å². The zero-order valence-electron chi connectivity index (χ0n) is 12.6. The van der Waals surface area contributed by atoms with Crippen LogP contribution in [0.15, 0.2) is 36.4 Å². The summed E-state index contributed by atoms with van der Waals surface area (Å²) < 4.78 is 52.1. The fraction of sp³-hybridized carbons (Fsp3) is 0.294. The smallest absolute Gasteiger partial charge is 0.151 e. The number of hydrogen-bond donors (Lipinski definition) is 1. The molecule has 7 heteroatoms. The van der Waals surface area contributed by atoms with Crippen LogP contribution in [0.4, 0.5) is 13.2 Å². The lowest BCUT2D eigenvalue weighted by Gasteiger charge is -2.32. The third-order valence-electron chi connectivity index (χ3n) is 3.68. The first-order valence-electron chi connectivity index (χ1n) is 7.43. The average Bonchev–Trinajstić information content (AvgIpc) is 2.57. The second-order valence-electron chi connectivity index (χ2n) is 5.41. The third-order valence-corrected chi connectivity index (χ3v) is 4.05. The van der Waals surface area contributed by atoms with E-state index in [0.29, 0.717) is 31.3 Å². The second-order valence-corrected chi connectivity index (χ2v) is 5.78. The molecule has 1 N–H and O–H groups in total. The minimum absolute atomic E-state index is 0.155. The molecule has 0 saturated carbocycles.